The molecule has 1 aromatic heterocycles. The van der Waals surface area contributed by atoms with Gasteiger partial charge < -0.3 is 19.1 Å². The fourth-order valence-electron chi connectivity index (χ4n) is 3.71. The lowest BCUT2D eigenvalue weighted by molar-refractivity contribution is -0.163. The van der Waals surface area contributed by atoms with Crippen molar-refractivity contribution in [3.63, 3.8) is 0 Å². The molecular weight excluding hydrogens is 446 g/mol. The molecule has 0 fully saturated rings. The number of carbonyl (C=O) groups is 1. The van der Waals surface area contributed by atoms with Crippen LogP contribution in [0.15, 0.2) is 46.9 Å². The van der Waals surface area contributed by atoms with Crippen molar-refractivity contribution in [2.45, 2.75) is 45.8 Å². The number of nitrogens with zero attached hydrogens (tertiary/aromatic N) is 1. The number of hydrogen-bond donors (Lipinski definition) is 1. The van der Waals surface area contributed by atoms with Gasteiger partial charge in [-0.1, -0.05) is 28.1 Å². The lowest BCUT2D eigenvalue weighted by Gasteiger charge is -2.21. The molecule has 160 valence electrons. The van der Waals surface area contributed by atoms with Gasteiger partial charge in [0.25, 0.3) is 0 Å². The zero-order chi connectivity index (χ0) is 21.9. The van der Waals surface area contributed by atoms with Crippen molar-refractivity contribution in [1.82, 2.24) is 4.57 Å². The predicted octanol–water partition coefficient (Wildman–Crippen LogP) is 5.02. The van der Waals surface area contributed by atoms with E-state index in [0.29, 0.717) is 6.42 Å². The van der Waals surface area contributed by atoms with Crippen molar-refractivity contribution < 1.29 is 19.4 Å². The smallest absolute Gasteiger partial charge is 0.337 e. The Hall–Kier alpha value is -2.31. The van der Waals surface area contributed by atoms with Gasteiger partial charge in [-0.15, -0.1) is 0 Å². The molecule has 0 aliphatic rings. The van der Waals surface area contributed by atoms with Crippen LogP contribution in [0.25, 0.3) is 10.9 Å². The molecule has 1 heterocycles. The van der Waals surface area contributed by atoms with Gasteiger partial charge in [-0.2, -0.15) is 0 Å². The fourth-order valence-corrected chi connectivity index (χ4v) is 3.97. The van der Waals surface area contributed by atoms with E-state index in [1.165, 1.54) is 12.5 Å². The lowest BCUT2D eigenvalue weighted by Crippen LogP contribution is -2.37. The first-order chi connectivity index (χ1) is 14.3. The van der Waals surface area contributed by atoms with E-state index in [0.717, 1.165) is 38.9 Å². The highest BCUT2D eigenvalue weighted by atomic mass is 79.9. The minimum Gasteiger partial charge on any atom is -0.497 e. The summed E-state index contributed by atoms with van der Waals surface area (Å²) in [7, 11) is 1.65. The van der Waals surface area contributed by atoms with E-state index in [1.807, 2.05) is 24.3 Å². The Balaban J connectivity index is 1.99. The van der Waals surface area contributed by atoms with Gasteiger partial charge in [0.05, 0.1) is 13.7 Å². The summed E-state index contributed by atoms with van der Waals surface area (Å²) in [5.41, 5.74) is 2.98. The number of carbonyl (C=O) groups excluding carboxylic acids is 1. The molecule has 3 rings (SSSR count). The average Bonchev–Trinajstić information content (AvgIpc) is 2.98. The SMILES string of the molecule is CCOC(=O)C(C)(O)CCc1c(C)n(Cc2ccc(Br)cc2)c2ccc(OC)cc12. The zero-order valence-electron chi connectivity index (χ0n) is 17.9. The number of aliphatic hydroxyl groups is 1. The van der Waals surface area contributed by atoms with Crippen LogP contribution in [0.4, 0.5) is 0 Å². The largest absolute Gasteiger partial charge is 0.497 e. The summed E-state index contributed by atoms with van der Waals surface area (Å²) in [5.74, 6) is 0.195. The molecule has 0 saturated carbocycles. The highest BCUT2D eigenvalue weighted by molar-refractivity contribution is 9.10. The Bertz CT molecular complexity index is 1040. The Kier molecular flexibility index (Phi) is 6.88. The van der Waals surface area contributed by atoms with Crippen LogP contribution >= 0.6 is 15.9 Å². The molecule has 2 aromatic carbocycles. The molecule has 0 saturated heterocycles. The van der Waals surface area contributed by atoms with E-state index in [-0.39, 0.29) is 13.0 Å². The van der Waals surface area contributed by atoms with Crippen molar-refractivity contribution in [3.8, 4) is 5.75 Å². The molecule has 1 atom stereocenters. The topological polar surface area (TPSA) is 60.7 Å². The Morgan fingerprint density at radius 2 is 1.90 bits per heavy atom. The van der Waals surface area contributed by atoms with E-state index in [1.54, 1.807) is 14.0 Å². The molecule has 0 aliphatic heterocycles. The molecule has 5 nitrogen and oxygen atoms in total. The lowest BCUT2D eigenvalue weighted by atomic mass is 9.95. The van der Waals surface area contributed by atoms with Gasteiger partial charge >= 0.3 is 5.97 Å². The van der Waals surface area contributed by atoms with Crippen molar-refractivity contribution >= 4 is 32.8 Å². The summed E-state index contributed by atoms with van der Waals surface area (Å²) in [4.78, 5) is 12.1. The third-order valence-electron chi connectivity index (χ3n) is 5.49. The molecule has 0 spiro atoms. The van der Waals surface area contributed by atoms with Gasteiger partial charge in [0.2, 0.25) is 0 Å². The number of methoxy groups -OCH3 is 1. The summed E-state index contributed by atoms with van der Waals surface area (Å²) < 4.78 is 13.8. The standard InChI is InChI=1S/C24H28BrNO4/c1-5-30-23(27)24(3,28)13-12-20-16(2)26(15-17-6-8-18(25)9-7-17)22-11-10-19(29-4)14-21(20)22/h6-11,14,28H,5,12-13,15H2,1-4H3. The average molecular weight is 474 g/mol. The maximum Gasteiger partial charge on any atom is 0.337 e. The van der Waals surface area contributed by atoms with Crippen molar-refractivity contribution in [1.29, 1.82) is 0 Å². The molecule has 30 heavy (non-hydrogen) atoms. The summed E-state index contributed by atoms with van der Waals surface area (Å²) in [6, 6.07) is 14.3. The Morgan fingerprint density at radius 3 is 2.53 bits per heavy atom. The van der Waals surface area contributed by atoms with Crippen LogP contribution in [-0.2, 0) is 22.5 Å². The second kappa shape index (κ2) is 9.23. The van der Waals surface area contributed by atoms with Gasteiger partial charge in [0.15, 0.2) is 5.60 Å². The Morgan fingerprint density at radius 1 is 1.20 bits per heavy atom. The molecule has 6 heteroatoms. The van der Waals surface area contributed by atoms with Gasteiger partial charge in [-0.05, 0) is 75.1 Å². The maximum absolute atomic E-state index is 12.1. The quantitative estimate of drug-likeness (QED) is 0.466. The zero-order valence-corrected chi connectivity index (χ0v) is 19.5. The van der Waals surface area contributed by atoms with Gasteiger partial charge in [0, 0.05) is 27.6 Å². The number of esters is 1. The van der Waals surface area contributed by atoms with Crippen LogP contribution in [0.2, 0.25) is 0 Å². The monoisotopic (exact) mass is 473 g/mol. The number of halogens is 1. The van der Waals surface area contributed by atoms with Gasteiger partial charge in [-0.25, -0.2) is 4.79 Å². The number of fused-ring (bicyclic) bond motifs is 1. The first-order valence-electron chi connectivity index (χ1n) is 10.1. The van der Waals surface area contributed by atoms with Crippen molar-refractivity contribution in [3.05, 3.63) is 63.8 Å². The van der Waals surface area contributed by atoms with Crippen LogP contribution in [0.3, 0.4) is 0 Å². The van der Waals surface area contributed by atoms with Crippen LogP contribution < -0.4 is 4.74 Å². The van der Waals surface area contributed by atoms with E-state index in [9.17, 15) is 9.90 Å². The van der Waals surface area contributed by atoms with Crippen LogP contribution in [0.1, 0.15) is 37.1 Å². The number of aromatic nitrogens is 1. The number of ether oxygens (including phenoxy) is 2. The summed E-state index contributed by atoms with van der Waals surface area (Å²) in [5, 5.41) is 11.7. The number of rotatable bonds is 8. The van der Waals surface area contributed by atoms with Crippen molar-refractivity contribution in [2.24, 2.45) is 0 Å². The minimum absolute atomic E-state index is 0.248. The van der Waals surface area contributed by atoms with Crippen LogP contribution in [0, 0.1) is 6.92 Å². The first kappa shape index (κ1) is 22.4. The molecule has 1 N–H and O–H groups in total. The van der Waals surface area contributed by atoms with Crippen LogP contribution in [-0.4, -0.2) is 35.0 Å². The number of hydrogen-bond acceptors (Lipinski definition) is 4. The second-order valence-corrected chi connectivity index (χ2v) is 8.57. The predicted molar refractivity (Wildman–Crippen MR) is 122 cm³/mol. The summed E-state index contributed by atoms with van der Waals surface area (Å²) in [6.07, 6.45) is 0.829. The number of benzene rings is 2. The molecule has 0 aliphatic carbocycles. The van der Waals surface area contributed by atoms with E-state index >= 15 is 0 Å². The highest BCUT2D eigenvalue weighted by Gasteiger charge is 2.32. The van der Waals surface area contributed by atoms with E-state index < -0.39 is 11.6 Å². The number of aryl methyl sites for hydroxylation is 1. The molecule has 0 radical (unpaired) electrons. The summed E-state index contributed by atoms with van der Waals surface area (Å²) in [6.45, 7) is 6.32. The van der Waals surface area contributed by atoms with Crippen LogP contribution in [0.5, 0.6) is 5.75 Å². The normalized spacial score (nSPS) is 13.3. The molecule has 1 unspecified atom stereocenters. The molecule has 3 aromatic rings. The van der Waals surface area contributed by atoms with E-state index in [4.69, 9.17) is 9.47 Å². The molecule has 0 amide bonds. The highest BCUT2D eigenvalue weighted by Crippen LogP contribution is 2.32. The summed E-state index contributed by atoms with van der Waals surface area (Å²) >= 11 is 3.48. The fraction of sp³-hybridized carbons (Fsp3) is 0.375. The van der Waals surface area contributed by atoms with Crippen molar-refractivity contribution in [2.75, 3.05) is 13.7 Å². The molecule has 0 bridgehead atoms. The van der Waals surface area contributed by atoms with E-state index in [2.05, 4.69) is 45.6 Å². The van der Waals surface area contributed by atoms with Gasteiger partial charge in [0.1, 0.15) is 5.75 Å². The second-order valence-electron chi connectivity index (χ2n) is 7.65. The minimum atomic E-state index is -1.53. The third-order valence-corrected chi connectivity index (χ3v) is 6.02. The third kappa shape index (κ3) is 4.71. The Labute approximate surface area is 185 Å². The maximum atomic E-state index is 12.1. The first-order valence-corrected chi connectivity index (χ1v) is 10.9. The van der Waals surface area contributed by atoms with Gasteiger partial charge in [-0.3, -0.25) is 0 Å². The molecular formula is C24H28BrNO4.